The lowest BCUT2D eigenvalue weighted by Crippen LogP contribution is -2.31. The molecule has 0 amide bonds. The molecule has 32 heavy (non-hydrogen) atoms. The predicted octanol–water partition coefficient (Wildman–Crippen LogP) is 6.33. The van der Waals surface area contributed by atoms with E-state index in [1.807, 2.05) is 0 Å². The Morgan fingerprint density at radius 1 is 0.594 bits per heavy atom. The average molecular weight is 499 g/mol. The van der Waals surface area contributed by atoms with E-state index in [4.69, 9.17) is 5.73 Å². The zero-order chi connectivity index (χ0) is 25.5. The van der Waals surface area contributed by atoms with Crippen molar-refractivity contribution in [1.82, 2.24) is 0 Å². The molecular weight excluding hydrogens is 486 g/mol. The summed E-state index contributed by atoms with van der Waals surface area (Å²) >= 11 is 0. The lowest BCUT2D eigenvalue weighted by Gasteiger charge is -2.32. The predicted molar refractivity (Wildman–Crippen MR) is 79.6 cm³/mol. The zero-order valence-electron chi connectivity index (χ0n) is 15.9. The van der Waals surface area contributed by atoms with Crippen molar-refractivity contribution in [3.05, 3.63) is 11.6 Å². The Morgan fingerprint density at radius 3 is 1.28 bits per heavy atom. The Hall–Kier alpha value is -2.46. The fourth-order valence-electron chi connectivity index (χ4n) is 2.18. The van der Waals surface area contributed by atoms with Gasteiger partial charge in [-0.25, -0.2) is 0 Å². The standard InChI is InChI=1S/C15H13F12NO4/c1-11(2,3)10(28)7-5(29-12(16,17)18)4-6(30-13(19,20)21)8(31-14(22,23)24)9(7)32-15(25,26)27/h4,10H,28H2,1-3H3. The lowest BCUT2D eigenvalue weighted by molar-refractivity contribution is -0.294. The highest BCUT2D eigenvalue weighted by atomic mass is 19.4. The fourth-order valence-corrected chi connectivity index (χ4v) is 2.18. The summed E-state index contributed by atoms with van der Waals surface area (Å²) < 4.78 is 166. The summed E-state index contributed by atoms with van der Waals surface area (Å²) in [6, 6.07) is -2.40. The number of nitrogens with two attached hydrogens (primary N) is 1. The largest absolute Gasteiger partial charge is 0.573 e. The van der Waals surface area contributed by atoms with E-state index in [2.05, 4.69) is 18.9 Å². The topological polar surface area (TPSA) is 62.9 Å². The number of benzene rings is 1. The smallest absolute Gasteiger partial charge is 0.405 e. The molecule has 0 saturated carbocycles. The Morgan fingerprint density at radius 2 is 0.938 bits per heavy atom. The highest BCUT2D eigenvalue weighted by molar-refractivity contribution is 5.63. The molecule has 5 nitrogen and oxygen atoms in total. The van der Waals surface area contributed by atoms with Crippen LogP contribution >= 0.6 is 0 Å². The van der Waals surface area contributed by atoms with Crippen LogP contribution in [0.5, 0.6) is 23.0 Å². The second-order valence-corrected chi connectivity index (χ2v) is 6.98. The van der Waals surface area contributed by atoms with Crippen LogP contribution in [-0.4, -0.2) is 25.4 Å². The van der Waals surface area contributed by atoms with Gasteiger partial charge in [0.25, 0.3) is 0 Å². The Bertz CT molecular complexity index is 806. The molecule has 1 unspecified atom stereocenters. The Balaban J connectivity index is 4.13. The molecule has 0 radical (unpaired) electrons. The molecule has 186 valence electrons. The zero-order valence-corrected chi connectivity index (χ0v) is 15.9. The molecule has 0 bridgehead atoms. The van der Waals surface area contributed by atoms with E-state index < -0.39 is 71.5 Å². The van der Waals surface area contributed by atoms with Gasteiger partial charge in [-0.05, 0) is 5.41 Å². The van der Waals surface area contributed by atoms with E-state index in [9.17, 15) is 52.7 Å². The molecular formula is C15H13F12NO4. The van der Waals surface area contributed by atoms with E-state index in [-0.39, 0.29) is 0 Å². The minimum absolute atomic E-state index is 0.397. The number of hydrogen-bond donors (Lipinski definition) is 1. The molecule has 0 fully saturated rings. The molecule has 0 aliphatic heterocycles. The first kappa shape index (κ1) is 27.6. The van der Waals surface area contributed by atoms with Gasteiger partial charge >= 0.3 is 25.4 Å². The lowest BCUT2D eigenvalue weighted by atomic mass is 9.82. The van der Waals surface area contributed by atoms with Crippen LogP contribution in [0.15, 0.2) is 6.07 Å². The van der Waals surface area contributed by atoms with Crippen molar-refractivity contribution in [2.75, 3.05) is 0 Å². The van der Waals surface area contributed by atoms with Gasteiger partial charge < -0.3 is 24.7 Å². The highest BCUT2D eigenvalue weighted by Crippen LogP contribution is 2.54. The summed E-state index contributed by atoms with van der Waals surface area (Å²) in [5.74, 6) is -8.75. The van der Waals surface area contributed by atoms with Crippen LogP contribution in [0.25, 0.3) is 0 Å². The molecule has 0 aliphatic carbocycles. The first-order valence-electron chi connectivity index (χ1n) is 7.89. The molecule has 0 aromatic heterocycles. The van der Waals surface area contributed by atoms with Gasteiger partial charge in [0, 0.05) is 12.1 Å². The third kappa shape index (κ3) is 8.58. The van der Waals surface area contributed by atoms with Gasteiger partial charge in [0.15, 0.2) is 11.5 Å². The summed E-state index contributed by atoms with van der Waals surface area (Å²) in [7, 11) is 0. The van der Waals surface area contributed by atoms with Crippen LogP contribution in [0.1, 0.15) is 32.4 Å². The number of ether oxygens (including phenoxy) is 4. The van der Waals surface area contributed by atoms with E-state index in [0.29, 0.717) is 0 Å². The highest BCUT2D eigenvalue weighted by Gasteiger charge is 2.46. The Labute approximate surface area is 170 Å². The van der Waals surface area contributed by atoms with E-state index >= 15 is 0 Å². The number of alkyl halides is 12. The van der Waals surface area contributed by atoms with Crippen molar-refractivity contribution in [3.8, 4) is 23.0 Å². The molecule has 0 spiro atoms. The van der Waals surface area contributed by atoms with Crippen LogP contribution in [0, 0.1) is 5.41 Å². The number of halogens is 12. The molecule has 0 saturated heterocycles. The monoisotopic (exact) mass is 499 g/mol. The second-order valence-electron chi connectivity index (χ2n) is 6.98. The summed E-state index contributed by atoms with van der Waals surface area (Å²) in [6.07, 6.45) is -23.4. The molecule has 1 atom stereocenters. The minimum Gasteiger partial charge on any atom is -0.405 e. The van der Waals surface area contributed by atoms with Gasteiger partial charge in [-0.2, -0.15) is 0 Å². The molecule has 2 N–H and O–H groups in total. The first-order chi connectivity index (χ1) is 13.9. The summed E-state index contributed by atoms with van der Waals surface area (Å²) in [5.41, 5.74) is 2.64. The summed E-state index contributed by atoms with van der Waals surface area (Å²) in [4.78, 5) is 0. The van der Waals surface area contributed by atoms with Crippen molar-refractivity contribution in [3.63, 3.8) is 0 Å². The SMILES string of the molecule is CC(C)(C)C(N)c1c(OC(F)(F)F)cc(OC(F)(F)F)c(OC(F)(F)F)c1OC(F)(F)F. The molecule has 17 heteroatoms. The number of rotatable bonds is 5. The first-order valence-corrected chi connectivity index (χ1v) is 7.89. The molecule has 1 rings (SSSR count). The molecule has 0 aliphatic rings. The van der Waals surface area contributed by atoms with Gasteiger partial charge in [-0.1, -0.05) is 20.8 Å². The maximum atomic E-state index is 12.9. The maximum Gasteiger partial charge on any atom is 0.573 e. The van der Waals surface area contributed by atoms with Gasteiger partial charge in [0.05, 0.1) is 5.56 Å². The average Bonchev–Trinajstić information content (AvgIpc) is 2.43. The molecule has 1 aromatic carbocycles. The normalized spacial score (nSPS) is 14.8. The Kier molecular flexibility index (Phi) is 7.30. The van der Waals surface area contributed by atoms with Crippen LogP contribution in [0.4, 0.5) is 52.7 Å². The van der Waals surface area contributed by atoms with Crippen molar-refractivity contribution >= 4 is 0 Å². The fraction of sp³-hybridized carbons (Fsp3) is 0.600. The third-order valence-electron chi connectivity index (χ3n) is 3.33. The van der Waals surface area contributed by atoms with Crippen molar-refractivity contribution in [1.29, 1.82) is 0 Å². The minimum atomic E-state index is -5.93. The summed E-state index contributed by atoms with van der Waals surface area (Å²) in [6.45, 7) is 3.45. The van der Waals surface area contributed by atoms with Gasteiger partial charge in [-0.3, -0.25) is 0 Å². The van der Waals surface area contributed by atoms with Crippen LogP contribution in [0.3, 0.4) is 0 Å². The number of hydrogen-bond acceptors (Lipinski definition) is 5. The van der Waals surface area contributed by atoms with Crippen molar-refractivity contribution < 1.29 is 71.6 Å². The maximum absolute atomic E-state index is 12.9. The van der Waals surface area contributed by atoms with Gasteiger partial charge in [-0.15, -0.1) is 52.7 Å². The van der Waals surface area contributed by atoms with Gasteiger partial charge in [0.1, 0.15) is 5.75 Å². The van der Waals surface area contributed by atoms with Crippen LogP contribution in [0.2, 0.25) is 0 Å². The van der Waals surface area contributed by atoms with E-state index in [0.717, 1.165) is 20.8 Å². The molecule has 0 heterocycles. The van der Waals surface area contributed by atoms with E-state index in [1.165, 1.54) is 0 Å². The van der Waals surface area contributed by atoms with Crippen LogP contribution < -0.4 is 24.7 Å². The van der Waals surface area contributed by atoms with E-state index in [1.54, 1.807) is 0 Å². The third-order valence-corrected chi connectivity index (χ3v) is 3.33. The second kappa shape index (κ2) is 8.47. The summed E-state index contributed by atoms with van der Waals surface area (Å²) in [5, 5.41) is 0. The van der Waals surface area contributed by atoms with Crippen molar-refractivity contribution in [2.45, 2.75) is 52.3 Å². The quantitative estimate of drug-likeness (QED) is 0.480. The van der Waals surface area contributed by atoms with Crippen molar-refractivity contribution in [2.24, 2.45) is 11.1 Å². The molecule has 1 aromatic rings. The van der Waals surface area contributed by atoms with Crippen LogP contribution in [-0.2, 0) is 0 Å². The van der Waals surface area contributed by atoms with Gasteiger partial charge in [0.2, 0.25) is 5.75 Å².